The largest absolute Gasteiger partial charge is 0.456 e. The van der Waals surface area contributed by atoms with Crippen molar-refractivity contribution >= 4 is 16.8 Å². The Morgan fingerprint density at radius 3 is 2.50 bits per heavy atom. The molecule has 0 saturated carbocycles. The summed E-state index contributed by atoms with van der Waals surface area (Å²) in [6.07, 6.45) is 0. The summed E-state index contributed by atoms with van der Waals surface area (Å²) in [6, 6.07) is 17.4. The Labute approximate surface area is 104 Å². The molecular weight excluding hydrogens is 224 g/mol. The van der Waals surface area contributed by atoms with Crippen LogP contribution in [0.3, 0.4) is 0 Å². The van der Waals surface area contributed by atoms with Crippen LogP contribution >= 0.6 is 0 Å². The van der Waals surface area contributed by atoms with Crippen LogP contribution in [0.4, 0.5) is 0 Å². The first kappa shape index (κ1) is 10.6. The topological polar surface area (TPSA) is 63.0 Å². The van der Waals surface area contributed by atoms with Crippen molar-refractivity contribution in [2.45, 2.75) is 0 Å². The fourth-order valence-corrected chi connectivity index (χ4v) is 1.96. The molecule has 3 nitrogen and oxygen atoms in total. The summed E-state index contributed by atoms with van der Waals surface area (Å²) in [5.41, 5.74) is 8.03. The predicted molar refractivity (Wildman–Crippen MR) is 72.7 cm³/mol. The van der Waals surface area contributed by atoms with Crippen LogP contribution in [0.15, 0.2) is 59.0 Å². The highest BCUT2D eigenvalue weighted by Crippen LogP contribution is 2.28. The zero-order valence-corrected chi connectivity index (χ0v) is 9.68. The van der Waals surface area contributed by atoms with Gasteiger partial charge in [0.05, 0.1) is 0 Å². The first-order chi connectivity index (χ1) is 8.74. The van der Waals surface area contributed by atoms with E-state index >= 15 is 0 Å². The summed E-state index contributed by atoms with van der Waals surface area (Å²) >= 11 is 0. The van der Waals surface area contributed by atoms with Crippen LogP contribution < -0.4 is 5.73 Å². The molecule has 0 saturated heterocycles. The van der Waals surface area contributed by atoms with E-state index in [2.05, 4.69) is 0 Å². The first-order valence-electron chi connectivity index (χ1n) is 5.67. The van der Waals surface area contributed by atoms with E-state index in [9.17, 15) is 0 Å². The lowest BCUT2D eigenvalue weighted by Crippen LogP contribution is -2.10. The number of furan rings is 1. The summed E-state index contributed by atoms with van der Waals surface area (Å²) < 4.78 is 5.78. The zero-order valence-electron chi connectivity index (χ0n) is 9.68. The van der Waals surface area contributed by atoms with Gasteiger partial charge in [-0.1, -0.05) is 30.3 Å². The van der Waals surface area contributed by atoms with Gasteiger partial charge in [0.25, 0.3) is 0 Å². The van der Waals surface area contributed by atoms with E-state index < -0.39 is 0 Å². The van der Waals surface area contributed by atoms with E-state index in [0.717, 1.165) is 22.3 Å². The standard InChI is InChI=1S/C15H12N2O/c16-15(17)11-6-7-13-12(8-11)9-14(18-13)10-4-2-1-3-5-10/h1-9H,(H3,16,17). The summed E-state index contributed by atoms with van der Waals surface area (Å²) in [5.74, 6) is 0.894. The minimum atomic E-state index is 0.0689. The van der Waals surface area contributed by atoms with E-state index in [-0.39, 0.29) is 5.84 Å². The van der Waals surface area contributed by atoms with Crippen molar-refractivity contribution in [3.05, 3.63) is 60.2 Å². The van der Waals surface area contributed by atoms with E-state index in [1.54, 1.807) is 6.07 Å². The Bertz CT molecular complexity index is 714. The van der Waals surface area contributed by atoms with E-state index in [4.69, 9.17) is 15.6 Å². The lowest BCUT2D eigenvalue weighted by Gasteiger charge is -1.96. The van der Waals surface area contributed by atoms with E-state index in [0.29, 0.717) is 5.56 Å². The molecule has 2 aromatic carbocycles. The molecule has 0 atom stereocenters. The van der Waals surface area contributed by atoms with Crippen molar-refractivity contribution in [2.24, 2.45) is 5.73 Å². The van der Waals surface area contributed by atoms with Crippen LogP contribution in [0.5, 0.6) is 0 Å². The summed E-state index contributed by atoms with van der Waals surface area (Å²) in [5, 5.41) is 8.39. The molecule has 3 N–H and O–H groups in total. The highest BCUT2D eigenvalue weighted by atomic mass is 16.3. The number of nitrogens with two attached hydrogens (primary N) is 1. The lowest BCUT2D eigenvalue weighted by atomic mass is 10.1. The monoisotopic (exact) mass is 236 g/mol. The molecule has 3 rings (SSSR count). The van der Waals surface area contributed by atoms with Crippen LogP contribution in [0.25, 0.3) is 22.3 Å². The maximum Gasteiger partial charge on any atom is 0.135 e. The third-order valence-electron chi connectivity index (χ3n) is 2.89. The second kappa shape index (κ2) is 4.04. The van der Waals surface area contributed by atoms with Crippen LogP contribution in [0, 0.1) is 5.41 Å². The molecule has 0 aliphatic heterocycles. The number of benzene rings is 2. The van der Waals surface area contributed by atoms with Gasteiger partial charge in [-0.15, -0.1) is 0 Å². The molecule has 88 valence electrons. The average Bonchev–Trinajstić information content (AvgIpc) is 2.82. The van der Waals surface area contributed by atoms with Gasteiger partial charge in [-0.05, 0) is 24.3 Å². The molecule has 0 amide bonds. The molecule has 0 fully saturated rings. The highest BCUT2D eigenvalue weighted by molar-refractivity contribution is 5.98. The smallest absolute Gasteiger partial charge is 0.135 e. The molecule has 3 aromatic rings. The van der Waals surface area contributed by atoms with Gasteiger partial charge in [0, 0.05) is 16.5 Å². The van der Waals surface area contributed by atoms with Gasteiger partial charge in [-0.3, -0.25) is 5.41 Å². The van der Waals surface area contributed by atoms with Gasteiger partial charge < -0.3 is 10.2 Å². The van der Waals surface area contributed by atoms with Crippen molar-refractivity contribution in [3.63, 3.8) is 0 Å². The maximum atomic E-state index is 7.43. The molecule has 1 heterocycles. The number of nitrogens with one attached hydrogen (secondary N) is 1. The molecule has 0 radical (unpaired) electrons. The second-order valence-electron chi connectivity index (χ2n) is 4.14. The Hall–Kier alpha value is -2.55. The Kier molecular flexibility index (Phi) is 2.38. The predicted octanol–water partition coefficient (Wildman–Crippen LogP) is 3.38. The van der Waals surface area contributed by atoms with Crippen LogP contribution in [0.2, 0.25) is 0 Å². The summed E-state index contributed by atoms with van der Waals surface area (Å²) in [4.78, 5) is 0. The molecule has 3 heteroatoms. The van der Waals surface area contributed by atoms with E-state index in [1.807, 2.05) is 48.5 Å². The van der Waals surface area contributed by atoms with Crippen LogP contribution in [0.1, 0.15) is 5.56 Å². The highest BCUT2D eigenvalue weighted by Gasteiger charge is 2.07. The Morgan fingerprint density at radius 1 is 1.00 bits per heavy atom. The summed E-state index contributed by atoms with van der Waals surface area (Å²) in [6.45, 7) is 0. The number of hydrogen-bond acceptors (Lipinski definition) is 2. The van der Waals surface area contributed by atoms with Crippen molar-refractivity contribution in [3.8, 4) is 11.3 Å². The Balaban J connectivity index is 2.14. The quantitative estimate of drug-likeness (QED) is 0.529. The molecule has 0 unspecified atom stereocenters. The Morgan fingerprint density at radius 2 is 1.78 bits per heavy atom. The molecule has 0 spiro atoms. The fourth-order valence-electron chi connectivity index (χ4n) is 1.96. The molecule has 0 bridgehead atoms. The van der Waals surface area contributed by atoms with Gasteiger partial charge in [0.15, 0.2) is 0 Å². The first-order valence-corrected chi connectivity index (χ1v) is 5.67. The van der Waals surface area contributed by atoms with Gasteiger partial charge >= 0.3 is 0 Å². The third-order valence-corrected chi connectivity index (χ3v) is 2.89. The number of rotatable bonds is 2. The number of amidine groups is 1. The lowest BCUT2D eigenvalue weighted by molar-refractivity contribution is 0.631. The van der Waals surface area contributed by atoms with E-state index in [1.165, 1.54) is 0 Å². The van der Waals surface area contributed by atoms with Gasteiger partial charge in [-0.2, -0.15) is 0 Å². The molecular formula is C15H12N2O. The van der Waals surface area contributed by atoms with Crippen molar-refractivity contribution in [1.82, 2.24) is 0 Å². The number of hydrogen-bond donors (Lipinski definition) is 2. The number of fused-ring (bicyclic) bond motifs is 1. The average molecular weight is 236 g/mol. The van der Waals surface area contributed by atoms with Crippen LogP contribution in [-0.4, -0.2) is 5.84 Å². The number of nitrogen functional groups attached to an aromatic ring is 1. The SMILES string of the molecule is N=C(N)c1ccc2oc(-c3ccccc3)cc2c1. The zero-order chi connectivity index (χ0) is 12.5. The minimum absolute atomic E-state index is 0.0689. The second-order valence-corrected chi connectivity index (χ2v) is 4.14. The van der Waals surface area contributed by atoms with Gasteiger partial charge in [-0.25, -0.2) is 0 Å². The molecule has 18 heavy (non-hydrogen) atoms. The van der Waals surface area contributed by atoms with Crippen molar-refractivity contribution in [2.75, 3.05) is 0 Å². The van der Waals surface area contributed by atoms with Gasteiger partial charge in [0.1, 0.15) is 17.2 Å². The van der Waals surface area contributed by atoms with Crippen molar-refractivity contribution < 1.29 is 4.42 Å². The molecule has 1 aromatic heterocycles. The van der Waals surface area contributed by atoms with Gasteiger partial charge in [0.2, 0.25) is 0 Å². The minimum Gasteiger partial charge on any atom is -0.456 e. The normalized spacial score (nSPS) is 10.7. The third kappa shape index (κ3) is 1.76. The van der Waals surface area contributed by atoms with Crippen LogP contribution in [-0.2, 0) is 0 Å². The summed E-state index contributed by atoms with van der Waals surface area (Å²) in [7, 11) is 0. The molecule has 0 aliphatic carbocycles. The maximum absolute atomic E-state index is 7.43. The van der Waals surface area contributed by atoms with Crippen molar-refractivity contribution in [1.29, 1.82) is 5.41 Å². The fraction of sp³-hybridized carbons (Fsp3) is 0. The molecule has 0 aliphatic rings.